The Hall–Kier alpha value is -1.02. The summed E-state index contributed by atoms with van der Waals surface area (Å²) in [4.78, 5) is 12.0. The molecular formula is C4H6N3O. The average molecular weight is 112 g/mol. The van der Waals surface area contributed by atoms with Crippen LogP contribution < -0.4 is 0 Å². The number of unbranched alkanes of at least 4 members (excludes halogenated alkanes) is 1. The highest BCUT2D eigenvalue weighted by Crippen LogP contribution is 1.83. The zero-order chi connectivity index (χ0) is 6.24. The maximum atomic E-state index is 9.51. The molecule has 0 atom stereocenters. The lowest BCUT2D eigenvalue weighted by Gasteiger charge is -1.79. The number of hydrogen-bond donors (Lipinski definition) is 0. The summed E-state index contributed by atoms with van der Waals surface area (Å²) in [6.07, 6.45) is 2.66. The quantitative estimate of drug-likeness (QED) is 0.233. The van der Waals surface area contributed by atoms with Crippen LogP contribution >= 0.6 is 0 Å². The van der Waals surface area contributed by atoms with Gasteiger partial charge in [-0.2, -0.15) is 0 Å². The lowest BCUT2D eigenvalue weighted by molar-refractivity contribution is 0.549. The third kappa shape index (κ3) is 4.98. The highest BCUT2D eigenvalue weighted by atomic mass is 16.1. The van der Waals surface area contributed by atoms with Crippen molar-refractivity contribution in [2.24, 2.45) is 5.11 Å². The van der Waals surface area contributed by atoms with Gasteiger partial charge in [0, 0.05) is 17.9 Å². The molecule has 0 unspecified atom stereocenters. The molecule has 0 amide bonds. The molecule has 0 saturated carbocycles. The summed E-state index contributed by atoms with van der Waals surface area (Å²) in [5.74, 6) is 0. The van der Waals surface area contributed by atoms with Gasteiger partial charge in [-0.3, -0.25) is 4.79 Å². The van der Waals surface area contributed by atoms with E-state index in [1.807, 2.05) is 0 Å². The van der Waals surface area contributed by atoms with E-state index < -0.39 is 0 Å². The van der Waals surface area contributed by atoms with E-state index in [2.05, 4.69) is 10.0 Å². The fourth-order valence-electron chi connectivity index (χ4n) is 0.267. The molecular weight excluding hydrogens is 106 g/mol. The lowest BCUT2D eigenvalue weighted by Crippen LogP contribution is -1.78. The van der Waals surface area contributed by atoms with Gasteiger partial charge in [0.15, 0.2) is 6.29 Å². The number of rotatable bonds is 4. The lowest BCUT2D eigenvalue weighted by atomic mass is 10.3. The molecule has 4 heteroatoms. The molecule has 0 N–H and O–H groups in total. The van der Waals surface area contributed by atoms with Gasteiger partial charge in [0.25, 0.3) is 0 Å². The number of nitrogens with zero attached hydrogens (tertiary/aromatic N) is 3. The summed E-state index contributed by atoms with van der Waals surface area (Å²) in [5.41, 5.74) is 7.73. The molecule has 0 bridgehead atoms. The average Bonchev–Trinajstić information content (AvgIpc) is 1.81. The van der Waals surface area contributed by atoms with Crippen LogP contribution in [-0.4, -0.2) is 12.8 Å². The second-order valence-electron chi connectivity index (χ2n) is 1.20. The maximum Gasteiger partial charge on any atom is 0.198 e. The first kappa shape index (κ1) is 6.98. The molecule has 0 fully saturated rings. The second-order valence-corrected chi connectivity index (χ2v) is 1.20. The first-order chi connectivity index (χ1) is 3.91. The molecule has 0 aromatic rings. The summed E-state index contributed by atoms with van der Waals surface area (Å²) in [5, 5.41) is 3.21. The number of azide groups is 1. The minimum atomic E-state index is 0.360. The molecule has 0 spiro atoms. The van der Waals surface area contributed by atoms with E-state index in [9.17, 15) is 4.79 Å². The largest absolute Gasteiger partial charge is 0.291 e. The number of carbonyl (C=O) groups excluding carboxylic acids is 1. The van der Waals surface area contributed by atoms with Gasteiger partial charge >= 0.3 is 0 Å². The third-order valence-electron chi connectivity index (χ3n) is 0.600. The second kappa shape index (κ2) is 5.98. The van der Waals surface area contributed by atoms with Gasteiger partial charge in [-0.1, -0.05) is 5.11 Å². The van der Waals surface area contributed by atoms with Crippen molar-refractivity contribution in [1.82, 2.24) is 0 Å². The number of hydrogen-bond acceptors (Lipinski definition) is 2. The van der Waals surface area contributed by atoms with Crippen LogP contribution in [0.1, 0.15) is 12.8 Å². The summed E-state index contributed by atoms with van der Waals surface area (Å²) >= 11 is 0. The first-order valence-corrected chi connectivity index (χ1v) is 2.27. The third-order valence-corrected chi connectivity index (χ3v) is 0.600. The van der Waals surface area contributed by atoms with E-state index in [1.165, 1.54) is 0 Å². The van der Waals surface area contributed by atoms with Crippen molar-refractivity contribution in [1.29, 1.82) is 0 Å². The Kier molecular flexibility index (Phi) is 5.22. The molecule has 0 saturated heterocycles. The standard InChI is InChI=1S/C4H6N3O/c5-7-6-3-1-2-4-8/h1-3H2. The van der Waals surface area contributed by atoms with Gasteiger partial charge in [-0.15, -0.1) is 0 Å². The predicted molar refractivity (Wildman–Crippen MR) is 28.9 cm³/mol. The molecule has 4 nitrogen and oxygen atoms in total. The van der Waals surface area contributed by atoms with Crippen molar-refractivity contribution in [3.05, 3.63) is 10.4 Å². The Morgan fingerprint density at radius 3 is 3.00 bits per heavy atom. The zero-order valence-corrected chi connectivity index (χ0v) is 4.37. The minimum Gasteiger partial charge on any atom is -0.291 e. The van der Waals surface area contributed by atoms with Crippen molar-refractivity contribution in [3.63, 3.8) is 0 Å². The zero-order valence-electron chi connectivity index (χ0n) is 4.37. The van der Waals surface area contributed by atoms with Crippen LogP contribution in [0, 0.1) is 0 Å². The molecule has 0 rings (SSSR count). The molecule has 0 aliphatic heterocycles. The SMILES string of the molecule is [N-]=[N+]=NCCC[C]=O. The molecule has 1 radical (unpaired) electrons. The molecule has 0 aromatic carbocycles. The smallest absolute Gasteiger partial charge is 0.198 e. The maximum absolute atomic E-state index is 9.51. The van der Waals surface area contributed by atoms with E-state index in [0.717, 1.165) is 0 Å². The van der Waals surface area contributed by atoms with Gasteiger partial charge in [0.1, 0.15) is 0 Å². The summed E-state index contributed by atoms with van der Waals surface area (Å²) < 4.78 is 0. The van der Waals surface area contributed by atoms with Gasteiger partial charge in [0.2, 0.25) is 0 Å². The molecule has 8 heavy (non-hydrogen) atoms. The van der Waals surface area contributed by atoms with Crippen LogP contribution in [0.5, 0.6) is 0 Å². The van der Waals surface area contributed by atoms with E-state index in [-0.39, 0.29) is 0 Å². The summed E-state index contributed by atoms with van der Waals surface area (Å²) in [6, 6.07) is 0. The van der Waals surface area contributed by atoms with Crippen LogP contribution in [0.15, 0.2) is 5.11 Å². The van der Waals surface area contributed by atoms with E-state index in [1.54, 1.807) is 6.29 Å². The van der Waals surface area contributed by atoms with Crippen molar-refractivity contribution in [2.75, 3.05) is 6.54 Å². The van der Waals surface area contributed by atoms with Crippen LogP contribution in [-0.2, 0) is 4.79 Å². The fraction of sp³-hybridized carbons (Fsp3) is 0.750. The normalized spacial score (nSPS) is 7.50. The van der Waals surface area contributed by atoms with Crippen LogP contribution in [0.25, 0.3) is 10.4 Å². The van der Waals surface area contributed by atoms with Crippen molar-refractivity contribution in [2.45, 2.75) is 12.8 Å². The molecule has 0 aliphatic carbocycles. The van der Waals surface area contributed by atoms with Gasteiger partial charge in [0.05, 0.1) is 0 Å². The fourth-order valence-corrected chi connectivity index (χ4v) is 0.267. The molecule has 0 aliphatic rings. The Balaban J connectivity index is 2.93. The highest BCUT2D eigenvalue weighted by Gasteiger charge is 1.80. The Morgan fingerprint density at radius 1 is 1.75 bits per heavy atom. The minimum absolute atomic E-state index is 0.360. The van der Waals surface area contributed by atoms with E-state index in [0.29, 0.717) is 19.4 Å². The van der Waals surface area contributed by atoms with E-state index >= 15 is 0 Å². The topological polar surface area (TPSA) is 65.8 Å². The van der Waals surface area contributed by atoms with Crippen LogP contribution in [0.2, 0.25) is 0 Å². The van der Waals surface area contributed by atoms with Gasteiger partial charge in [-0.25, -0.2) is 0 Å². The predicted octanol–water partition coefficient (Wildman–Crippen LogP) is 1.19. The van der Waals surface area contributed by atoms with Crippen molar-refractivity contribution >= 4 is 6.29 Å². The monoisotopic (exact) mass is 112 g/mol. The summed E-state index contributed by atoms with van der Waals surface area (Å²) in [6.45, 7) is 0.395. The van der Waals surface area contributed by atoms with Crippen LogP contribution in [0.3, 0.4) is 0 Å². The van der Waals surface area contributed by atoms with Crippen molar-refractivity contribution in [3.8, 4) is 0 Å². The molecule has 0 heterocycles. The van der Waals surface area contributed by atoms with Crippen LogP contribution in [0.4, 0.5) is 0 Å². The Bertz CT molecular complexity index is 106. The highest BCUT2D eigenvalue weighted by molar-refractivity contribution is 5.50. The Labute approximate surface area is 47.1 Å². The first-order valence-electron chi connectivity index (χ1n) is 2.27. The molecule has 0 aromatic heterocycles. The van der Waals surface area contributed by atoms with Crippen molar-refractivity contribution < 1.29 is 4.79 Å². The Morgan fingerprint density at radius 2 is 2.50 bits per heavy atom. The molecule has 43 valence electrons. The summed E-state index contributed by atoms with van der Waals surface area (Å²) in [7, 11) is 0. The van der Waals surface area contributed by atoms with E-state index in [4.69, 9.17) is 5.53 Å². The van der Waals surface area contributed by atoms with Gasteiger partial charge in [-0.05, 0) is 12.0 Å². The van der Waals surface area contributed by atoms with Gasteiger partial charge < -0.3 is 0 Å².